The molecule has 0 spiro atoms. The topological polar surface area (TPSA) is 24.4 Å². The molecule has 0 saturated heterocycles. The third-order valence-electron chi connectivity index (χ3n) is 1.80. The van der Waals surface area contributed by atoms with E-state index < -0.39 is 0 Å². The van der Waals surface area contributed by atoms with Crippen LogP contribution in [0.3, 0.4) is 0 Å². The summed E-state index contributed by atoms with van der Waals surface area (Å²) in [6, 6.07) is 11.4. The van der Waals surface area contributed by atoms with E-state index in [9.17, 15) is 0 Å². The third kappa shape index (κ3) is 3.33. The highest BCUT2D eigenvalue weighted by atomic mass is 79.9. The SMILES string of the molecule is Clc1cccc(N/N=C/c2ccc(Br)s2)c1. The molecule has 0 fully saturated rings. The fraction of sp³-hybridized carbons (Fsp3) is 0. The second kappa shape index (κ2) is 5.48. The van der Waals surface area contributed by atoms with Crippen LogP contribution < -0.4 is 5.43 Å². The van der Waals surface area contributed by atoms with E-state index in [-0.39, 0.29) is 0 Å². The van der Waals surface area contributed by atoms with Crippen molar-refractivity contribution in [2.45, 2.75) is 0 Å². The first-order valence-corrected chi connectivity index (χ1v) is 6.53. The first-order valence-electron chi connectivity index (χ1n) is 4.54. The average molecular weight is 316 g/mol. The van der Waals surface area contributed by atoms with Gasteiger partial charge in [0.05, 0.1) is 15.7 Å². The first-order chi connectivity index (χ1) is 7.74. The molecular formula is C11H8BrClN2S. The molecule has 2 aromatic rings. The van der Waals surface area contributed by atoms with E-state index in [0.29, 0.717) is 5.02 Å². The Morgan fingerprint density at radius 3 is 2.88 bits per heavy atom. The minimum Gasteiger partial charge on any atom is -0.278 e. The maximum absolute atomic E-state index is 5.85. The van der Waals surface area contributed by atoms with Gasteiger partial charge in [0.2, 0.25) is 0 Å². The molecule has 0 radical (unpaired) electrons. The second-order valence-electron chi connectivity index (χ2n) is 3.02. The highest BCUT2D eigenvalue weighted by molar-refractivity contribution is 9.11. The van der Waals surface area contributed by atoms with Crippen LogP contribution in [0.15, 0.2) is 45.3 Å². The second-order valence-corrected chi connectivity index (χ2v) is 5.95. The molecule has 2 nitrogen and oxygen atoms in total. The first kappa shape index (κ1) is 11.6. The zero-order valence-corrected chi connectivity index (χ0v) is 11.3. The van der Waals surface area contributed by atoms with E-state index in [1.807, 2.05) is 36.4 Å². The Labute approximate surface area is 111 Å². The number of halogens is 2. The standard InChI is InChI=1S/C11H8BrClN2S/c12-11-5-4-10(16-11)7-14-15-9-3-1-2-8(13)6-9/h1-7,15H/b14-7+. The molecule has 1 aromatic heterocycles. The van der Waals surface area contributed by atoms with Crippen LogP contribution in [-0.2, 0) is 0 Å². The Kier molecular flexibility index (Phi) is 3.98. The minimum absolute atomic E-state index is 0.694. The lowest BCUT2D eigenvalue weighted by Gasteiger charge is -1.98. The molecule has 0 aliphatic rings. The Bertz CT molecular complexity index is 510. The maximum atomic E-state index is 5.85. The molecule has 5 heteroatoms. The molecule has 16 heavy (non-hydrogen) atoms. The largest absolute Gasteiger partial charge is 0.278 e. The van der Waals surface area contributed by atoms with Gasteiger partial charge in [-0.3, -0.25) is 5.43 Å². The van der Waals surface area contributed by atoms with Gasteiger partial charge in [-0.25, -0.2) is 0 Å². The van der Waals surface area contributed by atoms with E-state index in [1.165, 1.54) is 0 Å². The van der Waals surface area contributed by atoms with Gasteiger partial charge in [0.15, 0.2) is 0 Å². The van der Waals surface area contributed by atoms with Gasteiger partial charge in [-0.2, -0.15) is 5.10 Å². The molecular weight excluding hydrogens is 308 g/mol. The van der Waals surface area contributed by atoms with Gasteiger partial charge in [-0.05, 0) is 46.3 Å². The lowest BCUT2D eigenvalue weighted by molar-refractivity contribution is 1.35. The van der Waals surface area contributed by atoms with Crippen LogP contribution in [0.2, 0.25) is 5.02 Å². The van der Waals surface area contributed by atoms with Crippen molar-refractivity contribution in [3.05, 3.63) is 50.1 Å². The highest BCUT2D eigenvalue weighted by Crippen LogP contribution is 2.20. The van der Waals surface area contributed by atoms with Crippen LogP contribution in [0.1, 0.15) is 4.88 Å². The summed E-state index contributed by atoms with van der Waals surface area (Å²) in [6.07, 6.45) is 1.77. The van der Waals surface area contributed by atoms with Crippen molar-refractivity contribution in [1.29, 1.82) is 0 Å². The summed E-state index contributed by atoms with van der Waals surface area (Å²) in [5.41, 5.74) is 3.79. The van der Waals surface area contributed by atoms with Crippen LogP contribution >= 0.6 is 38.9 Å². The molecule has 0 aliphatic carbocycles. The number of hydrogen-bond acceptors (Lipinski definition) is 3. The summed E-state index contributed by atoms with van der Waals surface area (Å²) in [5, 5.41) is 4.82. The Hall–Kier alpha value is -0.840. The fourth-order valence-corrected chi connectivity index (χ4v) is 2.61. The number of anilines is 1. The number of hydrazone groups is 1. The van der Waals surface area contributed by atoms with Gasteiger partial charge in [-0.15, -0.1) is 11.3 Å². The fourth-order valence-electron chi connectivity index (χ4n) is 1.13. The number of nitrogens with zero attached hydrogens (tertiary/aromatic N) is 1. The Balaban J connectivity index is 1.99. The molecule has 0 saturated carbocycles. The summed E-state index contributed by atoms with van der Waals surface area (Å²) < 4.78 is 1.09. The smallest absolute Gasteiger partial charge is 0.0705 e. The summed E-state index contributed by atoms with van der Waals surface area (Å²) >= 11 is 10.9. The summed E-state index contributed by atoms with van der Waals surface area (Å²) in [4.78, 5) is 1.08. The molecule has 0 atom stereocenters. The minimum atomic E-state index is 0.694. The highest BCUT2D eigenvalue weighted by Gasteiger charge is 1.93. The van der Waals surface area contributed by atoms with Gasteiger partial charge in [0.25, 0.3) is 0 Å². The number of thiophene rings is 1. The third-order valence-corrected chi connectivity index (χ3v) is 3.60. The van der Waals surface area contributed by atoms with Crippen molar-refractivity contribution in [2.24, 2.45) is 5.10 Å². The summed E-state index contributed by atoms with van der Waals surface area (Å²) in [5.74, 6) is 0. The molecule has 1 N–H and O–H groups in total. The van der Waals surface area contributed by atoms with Crippen molar-refractivity contribution in [1.82, 2.24) is 0 Å². The number of benzene rings is 1. The van der Waals surface area contributed by atoms with Crippen molar-refractivity contribution in [2.75, 3.05) is 5.43 Å². The van der Waals surface area contributed by atoms with Crippen LogP contribution in [0.4, 0.5) is 5.69 Å². The average Bonchev–Trinajstić information content (AvgIpc) is 2.64. The molecule has 82 valence electrons. The lowest BCUT2D eigenvalue weighted by Crippen LogP contribution is -1.88. The van der Waals surface area contributed by atoms with Gasteiger partial charge in [0, 0.05) is 9.90 Å². The molecule has 0 aliphatic heterocycles. The van der Waals surface area contributed by atoms with E-state index in [1.54, 1.807) is 17.6 Å². The lowest BCUT2D eigenvalue weighted by atomic mass is 10.3. The molecule has 2 rings (SSSR count). The van der Waals surface area contributed by atoms with E-state index in [2.05, 4.69) is 26.5 Å². The van der Waals surface area contributed by atoms with Gasteiger partial charge in [0.1, 0.15) is 0 Å². The number of rotatable bonds is 3. The van der Waals surface area contributed by atoms with Crippen molar-refractivity contribution >= 4 is 50.8 Å². The van der Waals surface area contributed by atoms with E-state index in [0.717, 1.165) is 14.4 Å². The van der Waals surface area contributed by atoms with Crippen molar-refractivity contribution in [3.63, 3.8) is 0 Å². The van der Waals surface area contributed by atoms with E-state index in [4.69, 9.17) is 11.6 Å². The van der Waals surface area contributed by atoms with Crippen LogP contribution in [0, 0.1) is 0 Å². The Morgan fingerprint density at radius 2 is 2.19 bits per heavy atom. The zero-order chi connectivity index (χ0) is 11.4. The van der Waals surface area contributed by atoms with E-state index >= 15 is 0 Å². The number of hydrogen-bond donors (Lipinski definition) is 1. The predicted octanol–water partition coefficient (Wildman–Crippen LogP) is 4.61. The number of nitrogens with one attached hydrogen (secondary N) is 1. The van der Waals surface area contributed by atoms with Gasteiger partial charge in [-0.1, -0.05) is 17.7 Å². The maximum Gasteiger partial charge on any atom is 0.0705 e. The zero-order valence-electron chi connectivity index (χ0n) is 8.15. The quantitative estimate of drug-likeness (QED) is 0.649. The van der Waals surface area contributed by atoms with Gasteiger partial charge < -0.3 is 0 Å². The predicted molar refractivity (Wildman–Crippen MR) is 74.7 cm³/mol. The Morgan fingerprint density at radius 1 is 1.31 bits per heavy atom. The van der Waals surface area contributed by atoms with Crippen LogP contribution in [0.5, 0.6) is 0 Å². The molecule has 1 aromatic carbocycles. The molecule has 0 amide bonds. The van der Waals surface area contributed by atoms with Crippen molar-refractivity contribution < 1.29 is 0 Å². The normalized spacial score (nSPS) is 10.9. The monoisotopic (exact) mass is 314 g/mol. The van der Waals surface area contributed by atoms with Crippen LogP contribution in [0.25, 0.3) is 0 Å². The summed E-state index contributed by atoms with van der Waals surface area (Å²) in [7, 11) is 0. The van der Waals surface area contributed by atoms with Crippen LogP contribution in [-0.4, -0.2) is 6.21 Å². The molecule has 1 heterocycles. The summed E-state index contributed by atoms with van der Waals surface area (Å²) in [6.45, 7) is 0. The van der Waals surface area contributed by atoms with Gasteiger partial charge >= 0.3 is 0 Å². The van der Waals surface area contributed by atoms with Crippen molar-refractivity contribution in [3.8, 4) is 0 Å². The molecule has 0 unspecified atom stereocenters. The molecule has 0 bridgehead atoms.